The van der Waals surface area contributed by atoms with Crippen molar-refractivity contribution in [1.29, 1.82) is 0 Å². The molecule has 2 heterocycles. The standard InChI is InChI=1S/C18H24N4O2S/c1-4-11(2)20-16(23)10-22-7-8-24-15-6-5-13(9-14(15)22)17-12(3)25-18(19)21-17/h5-6,9,11H,4,7-8,10H2,1-3H3,(H2,19,21)(H,20,23). The molecule has 1 amide bonds. The lowest BCUT2D eigenvalue weighted by Gasteiger charge is -2.31. The molecule has 0 saturated carbocycles. The van der Waals surface area contributed by atoms with E-state index >= 15 is 0 Å². The number of aromatic nitrogens is 1. The predicted octanol–water partition coefficient (Wildman–Crippen LogP) is 2.81. The minimum atomic E-state index is 0.0293. The fraction of sp³-hybridized carbons (Fsp3) is 0.444. The van der Waals surface area contributed by atoms with Crippen LogP contribution in [0.1, 0.15) is 25.1 Å². The van der Waals surface area contributed by atoms with Gasteiger partial charge in [-0.3, -0.25) is 4.79 Å². The second-order valence-corrected chi connectivity index (χ2v) is 7.52. The molecule has 1 aliphatic heterocycles. The Labute approximate surface area is 152 Å². The van der Waals surface area contributed by atoms with Crippen LogP contribution in [0.15, 0.2) is 18.2 Å². The number of nitrogens with one attached hydrogen (secondary N) is 1. The number of nitrogens with two attached hydrogens (primary N) is 1. The second-order valence-electron chi connectivity index (χ2n) is 6.29. The first-order chi connectivity index (χ1) is 12.0. The summed E-state index contributed by atoms with van der Waals surface area (Å²) in [7, 11) is 0. The molecule has 134 valence electrons. The third-order valence-electron chi connectivity index (χ3n) is 4.36. The third kappa shape index (κ3) is 3.87. The van der Waals surface area contributed by atoms with Gasteiger partial charge in [0, 0.05) is 16.5 Å². The van der Waals surface area contributed by atoms with Gasteiger partial charge in [0.2, 0.25) is 5.91 Å². The van der Waals surface area contributed by atoms with Crippen LogP contribution in [0.4, 0.5) is 10.8 Å². The highest BCUT2D eigenvalue weighted by molar-refractivity contribution is 7.15. The first-order valence-electron chi connectivity index (χ1n) is 8.52. The normalized spacial score (nSPS) is 14.6. The van der Waals surface area contributed by atoms with Crippen molar-refractivity contribution in [3.63, 3.8) is 0 Å². The van der Waals surface area contributed by atoms with Gasteiger partial charge in [-0.05, 0) is 38.5 Å². The molecule has 0 radical (unpaired) electrons. The van der Waals surface area contributed by atoms with Gasteiger partial charge in [-0.25, -0.2) is 4.98 Å². The Balaban J connectivity index is 1.85. The zero-order valence-corrected chi connectivity index (χ0v) is 15.7. The Hall–Kier alpha value is -2.28. The second kappa shape index (κ2) is 7.31. The van der Waals surface area contributed by atoms with Crippen molar-refractivity contribution in [2.75, 3.05) is 30.3 Å². The van der Waals surface area contributed by atoms with Gasteiger partial charge >= 0.3 is 0 Å². The zero-order valence-electron chi connectivity index (χ0n) is 14.8. The molecule has 3 rings (SSSR count). The van der Waals surface area contributed by atoms with E-state index in [1.54, 1.807) is 0 Å². The average Bonchev–Trinajstić information content (AvgIpc) is 2.93. The third-order valence-corrected chi connectivity index (χ3v) is 5.16. The molecule has 0 fully saturated rings. The molecule has 6 nitrogen and oxygen atoms in total. The molecule has 25 heavy (non-hydrogen) atoms. The van der Waals surface area contributed by atoms with Crippen molar-refractivity contribution >= 4 is 28.1 Å². The van der Waals surface area contributed by atoms with Gasteiger partial charge in [-0.2, -0.15) is 0 Å². The highest BCUT2D eigenvalue weighted by Crippen LogP contribution is 2.37. The lowest BCUT2D eigenvalue weighted by molar-refractivity contribution is -0.120. The number of nitrogens with zero attached hydrogens (tertiary/aromatic N) is 2. The summed E-state index contributed by atoms with van der Waals surface area (Å²) in [6.45, 7) is 7.66. The van der Waals surface area contributed by atoms with Crippen LogP contribution in [-0.2, 0) is 4.79 Å². The quantitative estimate of drug-likeness (QED) is 0.857. The molecule has 7 heteroatoms. The molecule has 0 saturated heterocycles. The summed E-state index contributed by atoms with van der Waals surface area (Å²) in [4.78, 5) is 19.8. The Morgan fingerprint density at radius 3 is 3.00 bits per heavy atom. The maximum absolute atomic E-state index is 12.3. The van der Waals surface area contributed by atoms with Crippen molar-refractivity contribution in [3.05, 3.63) is 23.1 Å². The van der Waals surface area contributed by atoms with Gasteiger partial charge in [0.05, 0.1) is 24.5 Å². The number of thiazole rings is 1. The Kier molecular flexibility index (Phi) is 5.13. The minimum absolute atomic E-state index is 0.0293. The van der Waals surface area contributed by atoms with Crippen LogP contribution in [0.2, 0.25) is 0 Å². The Morgan fingerprint density at radius 2 is 2.32 bits per heavy atom. The molecule has 1 unspecified atom stereocenters. The van der Waals surface area contributed by atoms with Crippen molar-refractivity contribution in [2.45, 2.75) is 33.2 Å². The van der Waals surface area contributed by atoms with Crippen molar-refractivity contribution in [2.24, 2.45) is 0 Å². The Bertz CT molecular complexity index is 774. The maximum Gasteiger partial charge on any atom is 0.239 e. The van der Waals surface area contributed by atoms with Gasteiger partial charge < -0.3 is 20.7 Å². The fourth-order valence-electron chi connectivity index (χ4n) is 2.86. The Morgan fingerprint density at radius 1 is 1.52 bits per heavy atom. The van der Waals surface area contributed by atoms with Crippen LogP contribution in [0.25, 0.3) is 11.3 Å². The molecule has 2 aromatic rings. The number of rotatable bonds is 5. The van der Waals surface area contributed by atoms with E-state index in [0.717, 1.165) is 34.0 Å². The van der Waals surface area contributed by atoms with E-state index in [9.17, 15) is 4.79 Å². The van der Waals surface area contributed by atoms with Gasteiger partial charge in [0.15, 0.2) is 5.13 Å². The molecule has 1 aliphatic rings. The molecule has 0 bridgehead atoms. The van der Waals surface area contributed by atoms with E-state index in [4.69, 9.17) is 10.5 Å². The fourth-order valence-corrected chi connectivity index (χ4v) is 3.58. The smallest absolute Gasteiger partial charge is 0.239 e. The van der Waals surface area contributed by atoms with Gasteiger partial charge in [0.25, 0.3) is 0 Å². The number of carbonyl (C=O) groups excluding carboxylic acids is 1. The summed E-state index contributed by atoms with van der Waals surface area (Å²) in [5, 5.41) is 3.58. The van der Waals surface area contributed by atoms with Gasteiger partial charge in [0.1, 0.15) is 12.4 Å². The van der Waals surface area contributed by atoms with E-state index in [1.807, 2.05) is 32.0 Å². The van der Waals surface area contributed by atoms with Crippen LogP contribution < -0.4 is 20.7 Å². The van der Waals surface area contributed by atoms with E-state index in [2.05, 4.69) is 22.1 Å². The van der Waals surface area contributed by atoms with Crippen LogP contribution in [0, 0.1) is 6.92 Å². The topological polar surface area (TPSA) is 80.5 Å². The summed E-state index contributed by atoms with van der Waals surface area (Å²) in [5.74, 6) is 0.828. The number of fused-ring (bicyclic) bond motifs is 1. The summed E-state index contributed by atoms with van der Waals surface area (Å²) >= 11 is 1.48. The lowest BCUT2D eigenvalue weighted by atomic mass is 10.1. The van der Waals surface area contributed by atoms with Crippen molar-refractivity contribution in [1.82, 2.24) is 10.3 Å². The monoisotopic (exact) mass is 360 g/mol. The first kappa shape index (κ1) is 17.5. The number of hydrogen-bond acceptors (Lipinski definition) is 6. The number of aryl methyl sites for hydroxylation is 1. The number of hydrogen-bond donors (Lipinski definition) is 2. The number of amides is 1. The van der Waals surface area contributed by atoms with Crippen LogP contribution >= 0.6 is 11.3 Å². The number of anilines is 2. The summed E-state index contributed by atoms with van der Waals surface area (Å²) in [6, 6.07) is 6.15. The van der Waals surface area contributed by atoms with E-state index in [1.165, 1.54) is 11.3 Å². The largest absolute Gasteiger partial charge is 0.490 e. The first-order valence-corrected chi connectivity index (χ1v) is 9.34. The zero-order chi connectivity index (χ0) is 18.0. The lowest BCUT2D eigenvalue weighted by Crippen LogP contribution is -2.43. The predicted molar refractivity (Wildman–Crippen MR) is 102 cm³/mol. The number of nitrogen functional groups attached to an aromatic ring is 1. The molecule has 0 spiro atoms. The minimum Gasteiger partial charge on any atom is -0.490 e. The highest BCUT2D eigenvalue weighted by atomic mass is 32.1. The number of benzene rings is 1. The molecule has 0 aliphatic carbocycles. The highest BCUT2D eigenvalue weighted by Gasteiger charge is 2.22. The molecular formula is C18H24N4O2S. The van der Waals surface area contributed by atoms with E-state index in [0.29, 0.717) is 24.8 Å². The number of carbonyl (C=O) groups is 1. The van der Waals surface area contributed by atoms with Gasteiger partial charge in [-0.15, -0.1) is 11.3 Å². The van der Waals surface area contributed by atoms with Crippen molar-refractivity contribution in [3.8, 4) is 17.0 Å². The molecule has 1 atom stereocenters. The number of ether oxygens (including phenoxy) is 1. The molecule has 3 N–H and O–H groups in total. The van der Waals surface area contributed by atoms with Crippen LogP contribution in [-0.4, -0.2) is 36.6 Å². The SMILES string of the molecule is CCC(C)NC(=O)CN1CCOc2ccc(-c3nc(N)sc3C)cc21. The summed E-state index contributed by atoms with van der Waals surface area (Å²) < 4.78 is 5.75. The summed E-state index contributed by atoms with van der Waals surface area (Å²) in [6.07, 6.45) is 0.917. The molecule has 1 aromatic heterocycles. The van der Waals surface area contributed by atoms with E-state index < -0.39 is 0 Å². The van der Waals surface area contributed by atoms with Gasteiger partial charge in [-0.1, -0.05) is 6.92 Å². The average molecular weight is 360 g/mol. The molecular weight excluding hydrogens is 336 g/mol. The van der Waals surface area contributed by atoms with E-state index in [-0.39, 0.29) is 11.9 Å². The van der Waals surface area contributed by atoms with Crippen LogP contribution in [0.3, 0.4) is 0 Å². The van der Waals surface area contributed by atoms with Crippen LogP contribution in [0.5, 0.6) is 5.75 Å². The maximum atomic E-state index is 12.3. The molecule has 1 aromatic carbocycles. The summed E-state index contributed by atoms with van der Waals surface area (Å²) in [5.41, 5.74) is 8.63. The van der Waals surface area contributed by atoms with Crippen molar-refractivity contribution < 1.29 is 9.53 Å².